The predicted octanol–water partition coefficient (Wildman–Crippen LogP) is 5.56. The van der Waals surface area contributed by atoms with Crippen molar-refractivity contribution in [1.29, 1.82) is 0 Å². The molecule has 0 saturated carbocycles. The highest BCUT2D eigenvalue weighted by atomic mass is 32.1. The summed E-state index contributed by atoms with van der Waals surface area (Å²) in [6, 6.07) is 18.5. The number of carbonyl (C=O) groups excluding carboxylic acids is 2. The van der Waals surface area contributed by atoms with Crippen LogP contribution in [0.4, 0.5) is 50.7 Å². The Balaban J connectivity index is 0.000000275. The minimum absolute atomic E-state index is 0. The number of rotatable bonds is 7. The average Bonchev–Trinajstić information content (AvgIpc) is 3.89. The minimum atomic E-state index is -0.972. The lowest BCUT2D eigenvalue weighted by molar-refractivity contribution is 0.141. The van der Waals surface area contributed by atoms with E-state index in [2.05, 4.69) is 22.4 Å². The predicted molar refractivity (Wildman–Crippen MR) is 266 cm³/mol. The standard InChI is InChI=1S/C16H17FN4O4S.C15H19FN4O4.C11H8N2O2S.3CH4/c17-13-7-11(21-9-12(8-18-10-26)25-16(21)24)1-2-14(13)19-3-5-20(6-4-19)15(22)23;16-12-7-10(20-9-11(8-17)24-15(20)23)1-2-13(12)18-3-5-19(6-4-18)14(21)22;14-9-5-1-3-7-12(9)11(16)13-8-4-2-6-10(13)15;;;/h1-2,7,12H,3-6,8-9H2,(H,22,23);1-2,7,11H,3-6,8-9,17H2,(H,21,22);1-8H;3*1H4/t12-;11-;;;;/m00..../s1. The van der Waals surface area contributed by atoms with Gasteiger partial charge in [0.1, 0.15) is 23.8 Å². The molecule has 2 aromatic heterocycles. The molecule has 69 heavy (non-hydrogen) atoms. The van der Waals surface area contributed by atoms with E-state index in [0.717, 1.165) is 0 Å². The molecule has 2 aromatic carbocycles. The average molecular weight is 999 g/mol. The SMILES string of the molecule is C.C.C.NC[C@H]1CN(c2ccc(N3CCN(C(=O)O)CC3)c(F)c2)C(=O)O1.O=C(O)N1CCN(c2ccc(N3C[C@H](CN=C=S)OC3=O)cc2F)CC1.O=c1ccccn1C(=S)n1ccccc1=O. The Kier molecular flexibility index (Phi) is 20.9. The van der Waals surface area contributed by atoms with Crippen molar-refractivity contribution in [3.05, 3.63) is 118 Å². The number of nitrogens with zero attached hydrogens (tertiary/aromatic N) is 9. The number of isothiocyanates is 1. The van der Waals surface area contributed by atoms with Gasteiger partial charge in [0.05, 0.1) is 47.5 Å². The number of hydrogen-bond donors (Lipinski definition) is 3. The van der Waals surface area contributed by atoms with Gasteiger partial charge in [-0.15, -0.1) is 0 Å². The lowest BCUT2D eigenvalue weighted by Crippen LogP contribution is -2.48. The Morgan fingerprint density at radius 1 is 0.667 bits per heavy atom. The number of ether oxygens (including phenoxy) is 2. The summed E-state index contributed by atoms with van der Waals surface area (Å²) in [6.07, 6.45) is -0.791. The summed E-state index contributed by atoms with van der Waals surface area (Å²) in [5, 5.41) is 20.3. The highest BCUT2D eigenvalue weighted by molar-refractivity contribution is 7.80. The van der Waals surface area contributed by atoms with E-state index >= 15 is 0 Å². The van der Waals surface area contributed by atoms with Crippen molar-refractivity contribution in [2.75, 3.05) is 98.1 Å². The highest BCUT2D eigenvalue weighted by Gasteiger charge is 2.34. The van der Waals surface area contributed by atoms with Crippen LogP contribution in [0, 0.1) is 11.6 Å². The van der Waals surface area contributed by atoms with Crippen LogP contribution in [-0.2, 0) is 9.47 Å². The monoisotopic (exact) mass is 998 g/mol. The number of anilines is 4. The summed E-state index contributed by atoms with van der Waals surface area (Å²) in [4.78, 5) is 81.3. The lowest BCUT2D eigenvalue weighted by atomic mass is 10.2. The van der Waals surface area contributed by atoms with Gasteiger partial charge in [0.15, 0.2) is 5.11 Å². The van der Waals surface area contributed by atoms with Crippen LogP contribution in [0.1, 0.15) is 22.3 Å². The van der Waals surface area contributed by atoms with Crippen molar-refractivity contribution in [2.45, 2.75) is 34.5 Å². The van der Waals surface area contributed by atoms with Crippen LogP contribution in [0.3, 0.4) is 0 Å². The molecule has 4 aromatic rings. The number of carbonyl (C=O) groups is 4. The van der Waals surface area contributed by atoms with E-state index in [1.54, 1.807) is 58.3 Å². The Labute approximate surface area is 407 Å². The van der Waals surface area contributed by atoms with Crippen LogP contribution in [0.15, 0.2) is 99.8 Å². The minimum Gasteiger partial charge on any atom is -0.465 e. The van der Waals surface area contributed by atoms with Gasteiger partial charge in [-0.25, -0.2) is 33.0 Å². The Bertz CT molecular complexity index is 2560. The maximum absolute atomic E-state index is 14.6. The van der Waals surface area contributed by atoms with Gasteiger partial charge >= 0.3 is 24.4 Å². The van der Waals surface area contributed by atoms with Gasteiger partial charge < -0.3 is 45.0 Å². The summed E-state index contributed by atoms with van der Waals surface area (Å²) in [5.41, 5.74) is 6.56. The van der Waals surface area contributed by atoms with Crippen molar-refractivity contribution in [2.24, 2.45) is 10.7 Å². The summed E-state index contributed by atoms with van der Waals surface area (Å²) in [6.45, 7) is 3.94. The number of pyridine rings is 2. The van der Waals surface area contributed by atoms with Crippen molar-refractivity contribution in [1.82, 2.24) is 18.9 Å². The van der Waals surface area contributed by atoms with Crippen LogP contribution < -0.4 is 36.5 Å². The second-order valence-corrected chi connectivity index (χ2v) is 15.3. The van der Waals surface area contributed by atoms with Crippen LogP contribution in [0.2, 0.25) is 0 Å². The van der Waals surface area contributed by atoms with E-state index in [-0.39, 0.29) is 64.2 Å². The molecule has 4 amide bonds. The number of thiocarbonyl (C=S) groups is 2. The summed E-state index contributed by atoms with van der Waals surface area (Å²) in [5.74, 6) is -0.931. The van der Waals surface area contributed by atoms with E-state index in [1.807, 2.05) is 0 Å². The number of nitrogens with two attached hydrogens (primary N) is 1. The zero-order valence-corrected chi connectivity index (χ0v) is 36.7. The van der Waals surface area contributed by atoms with Gasteiger partial charge in [0.2, 0.25) is 0 Å². The van der Waals surface area contributed by atoms with E-state index in [4.69, 9.17) is 37.6 Å². The summed E-state index contributed by atoms with van der Waals surface area (Å²) >= 11 is 9.58. The van der Waals surface area contributed by atoms with Crippen molar-refractivity contribution in [3.63, 3.8) is 0 Å². The first kappa shape index (κ1) is 56.1. The number of amides is 4. The second kappa shape index (κ2) is 25.7. The van der Waals surface area contributed by atoms with Gasteiger partial charge in [-0.05, 0) is 73.0 Å². The van der Waals surface area contributed by atoms with E-state index in [1.165, 1.54) is 65.4 Å². The molecule has 0 radical (unpaired) electrons. The van der Waals surface area contributed by atoms with Crippen molar-refractivity contribution >= 4 is 81.8 Å². The molecule has 0 bridgehead atoms. The smallest absolute Gasteiger partial charge is 0.414 e. The molecule has 8 rings (SSSR count). The highest BCUT2D eigenvalue weighted by Crippen LogP contribution is 2.30. The Morgan fingerprint density at radius 2 is 1.07 bits per heavy atom. The second-order valence-electron chi connectivity index (χ2n) is 14.8. The molecule has 4 aliphatic heterocycles. The summed E-state index contributed by atoms with van der Waals surface area (Å²) < 4.78 is 41.8. The topological polar surface area (TPSA) is 229 Å². The van der Waals surface area contributed by atoms with Crippen LogP contribution in [-0.4, -0.2) is 155 Å². The van der Waals surface area contributed by atoms with Crippen molar-refractivity contribution in [3.8, 4) is 0 Å². The molecule has 24 heteroatoms. The van der Waals surface area contributed by atoms with Crippen molar-refractivity contribution < 1.29 is 47.6 Å². The third-order valence-electron chi connectivity index (χ3n) is 10.7. The zero-order valence-electron chi connectivity index (χ0n) is 35.1. The molecule has 0 aliphatic carbocycles. The first-order chi connectivity index (χ1) is 31.7. The maximum atomic E-state index is 14.6. The molecule has 2 atom stereocenters. The van der Waals surface area contributed by atoms with E-state index in [9.17, 15) is 37.5 Å². The molecule has 372 valence electrons. The van der Waals surface area contributed by atoms with Gasteiger partial charge in [-0.1, -0.05) is 34.4 Å². The van der Waals surface area contributed by atoms with E-state index < -0.39 is 42.1 Å². The number of piperazine rings is 2. The molecule has 4 N–H and O–H groups in total. The number of benzene rings is 2. The number of carboxylic acid groups (broad SMARTS) is 2. The number of aliphatic imine (C=N–C) groups is 1. The van der Waals surface area contributed by atoms with Crippen LogP contribution in [0.25, 0.3) is 0 Å². The fourth-order valence-electron chi connectivity index (χ4n) is 7.23. The molecule has 4 fully saturated rings. The molecule has 20 nitrogen and oxygen atoms in total. The van der Waals surface area contributed by atoms with Crippen LogP contribution >= 0.6 is 24.4 Å². The molecule has 6 heterocycles. The third kappa shape index (κ3) is 13.9. The van der Waals surface area contributed by atoms with Crippen LogP contribution in [0.5, 0.6) is 0 Å². The lowest BCUT2D eigenvalue weighted by Gasteiger charge is -2.34. The number of halogens is 2. The maximum Gasteiger partial charge on any atom is 0.414 e. The molecule has 4 saturated heterocycles. The summed E-state index contributed by atoms with van der Waals surface area (Å²) in [7, 11) is 0. The van der Waals surface area contributed by atoms with Gasteiger partial charge in [0.25, 0.3) is 11.1 Å². The zero-order chi connectivity index (χ0) is 47.5. The molecule has 4 aliphatic rings. The largest absolute Gasteiger partial charge is 0.465 e. The number of cyclic esters (lactones) is 2. The number of hydrogen-bond acceptors (Lipinski definition) is 14. The molecule has 0 spiro atoms. The van der Waals surface area contributed by atoms with Gasteiger partial charge in [-0.3, -0.25) is 28.5 Å². The third-order valence-corrected chi connectivity index (χ3v) is 11.2. The fraction of sp³-hybridized carbons (Fsp3) is 0.378. The quantitative estimate of drug-likeness (QED) is 0.152. The molecule has 0 unspecified atom stereocenters. The van der Waals surface area contributed by atoms with Gasteiger partial charge in [-0.2, -0.15) is 0 Å². The van der Waals surface area contributed by atoms with Gasteiger partial charge in [0, 0.05) is 83.4 Å². The first-order valence-corrected chi connectivity index (χ1v) is 21.2. The normalized spacial score (nSPS) is 17.2. The Hall–Kier alpha value is -7.27. The first-order valence-electron chi connectivity index (χ1n) is 20.3. The number of aromatic nitrogens is 2. The fourth-order valence-corrected chi connectivity index (χ4v) is 7.60. The molecular weight excluding hydrogens is 943 g/mol. The van der Waals surface area contributed by atoms with E-state index in [0.29, 0.717) is 81.7 Å². The Morgan fingerprint density at radius 3 is 1.42 bits per heavy atom. The molecular formula is C45H56F2N10O10S2.